The number of aromatic amines is 1. The number of aromatic nitrogens is 3. The molecule has 0 aromatic carbocycles. The fraction of sp³-hybridized carbons (Fsp3) is 0.455. The summed E-state index contributed by atoms with van der Waals surface area (Å²) >= 11 is 1.55. The van der Waals surface area contributed by atoms with Gasteiger partial charge in [-0.05, 0) is 23.5 Å². The first-order valence-electron chi connectivity index (χ1n) is 10.0. The fourth-order valence-corrected chi connectivity index (χ4v) is 5.01. The van der Waals surface area contributed by atoms with Crippen LogP contribution in [0, 0.1) is 11.3 Å². The van der Waals surface area contributed by atoms with Gasteiger partial charge in [-0.1, -0.05) is 51.6 Å². The molecule has 2 N–H and O–H groups in total. The van der Waals surface area contributed by atoms with E-state index in [1.165, 1.54) is 0 Å². The smallest absolute Gasteiger partial charge is 0.257 e. The quantitative estimate of drug-likeness (QED) is 0.582. The highest BCUT2D eigenvalue weighted by Gasteiger charge is 2.45. The van der Waals surface area contributed by atoms with Crippen molar-refractivity contribution in [2.75, 3.05) is 5.32 Å². The molecule has 29 heavy (non-hydrogen) atoms. The normalized spacial score (nSPS) is 23.4. The molecule has 3 atom stereocenters. The van der Waals surface area contributed by atoms with E-state index in [2.05, 4.69) is 49.1 Å². The van der Waals surface area contributed by atoms with Gasteiger partial charge in [-0.25, -0.2) is 4.98 Å². The van der Waals surface area contributed by atoms with Crippen LogP contribution in [0.2, 0.25) is 0 Å². The lowest BCUT2D eigenvalue weighted by Gasteiger charge is -2.40. The summed E-state index contributed by atoms with van der Waals surface area (Å²) in [6, 6.07) is 3.77. The minimum absolute atomic E-state index is 0.136. The second-order valence-corrected chi connectivity index (χ2v) is 10.00. The van der Waals surface area contributed by atoms with E-state index < -0.39 is 11.8 Å². The zero-order valence-corrected chi connectivity index (χ0v) is 18.0. The minimum Gasteiger partial charge on any atom is -0.343 e. The molecule has 1 aliphatic carbocycles. The van der Waals surface area contributed by atoms with Crippen molar-refractivity contribution in [2.45, 2.75) is 56.9 Å². The number of ketones is 1. The predicted molar refractivity (Wildman–Crippen MR) is 115 cm³/mol. The van der Waals surface area contributed by atoms with Crippen molar-refractivity contribution in [2.24, 2.45) is 11.3 Å². The van der Waals surface area contributed by atoms with E-state index in [0.717, 1.165) is 17.7 Å². The molecule has 6 nitrogen and oxygen atoms in total. The molecule has 2 aliphatic rings. The third-order valence-electron chi connectivity index (χ3n) is 5.63. The molecule has 2 aromatic rings. The van der Waals surface area contributed by atoms with Crippen LogP contribution in [-0.4, -0.2) is 26.0 Å². The first-order valence-corrected chi connectivity index (χ1v) is 10.9. The van der Waals surface area contributed by atoms with Crippen molar-refractivity contribution in [1.82, 2.24) is 15.0 Å². The van der Waals surface area contributed by atoms with Crippen molar-refractivity contribution in [3.8, 4) is 0 Å². The minimum atomic E-state index is -0.421. The van der Waals surface area contributed by atoms with Crippen LogP contribution in [0.4, 0.5) is 5.82 Å². The second kappa shape index (κ2) is 7.44. The number of hydrogen-bond donors (Lipinski definition) is 2. The Bertz CT molecular complexity index is 1030. The molecule has 1 aliphatic heterocycles. The number of pyridine rings is 1. The van der Waals surface area contributed by atoms with E-state index in [0.29, 0.717) is 28.2 Å². The highest BCUT2D eigenvalue weighted by Crippen LogP contribution is 2.47. The molecule has 0 saturated carbocycles. The van der Waals surface area contributed by atoms with Crippen molar-refractivity contribution in [3.05, 3.63) is 57.8 Å². The molecule has 3 heterocycles. The number of H-pyrrole nitrogens is 1. The van der Waals surface area contributed by atoms with Gasteiger partial charge in [0.25, 0.3) is 5.56 Å². The lowest BCUT2D eigenvalue weighted by atomic mass is 9.67. The third kappa shape index (κ3) is 3.75. The molecule has 0 unspecified atom stereocenters. The van der Waals surface area contributed by atoms with Gasteiger partial charge in [0, 0.05) is 35.7 Å². The number of hydrogen-bond acceptors (Lipinski definition) is 6. The Morgan fingerprint density at radius 3 is 2.79 bits per heavy atom. The lowest BCUT2D eigenvalue weighted by Crippen LogP contribution is -2.41. The largest absolute Gasteiger partial charge is 0.343 e. The van der Waals surface area contributed by atoms with Crippen molar-refractivity contribution < 1.29 is 4.79 Å². The fourth-order valence-electron chi connectivity index (χ4n) is 4.17. The van der Waals surface area contributed by atoms with Crippen LogP contribution < -0.4 is 10.9 Å². The maximum absolute atomic E-state index is 13.2. The average Bonchev–Trinajstić information content (AvgIpc) is 2.66. The van der Waals surface area contributed by atoms with Gasteiger partial charge in [-0.15, -0.1) is 0 Å². The Morgan fingerprint density at radius 1 is 1.31 bits per heavy atom. The highest BCUT2D eigenvalue weighted by atomic mass is 32.2. The van der Waals surface area contributed by atoms with Gasteiger partial charge in [0.1, 0.15) is 11.6 Å². The number of nitrogens with zero attached hydrogens (tertiary/aromatic N) is 2. The number of anilines is 1. The van der Waals surface area contributed by atoms with Crippen molar-refractivity contribution in [1.29, 1.82) is 0 Å². The van der Waals surface area contributed by atoms with Crippen molar-refractivity contribution in [3.63, 3.8) is 0 Å². The maximum atomic E-state index is 13.2. The van der Waals surface area contributed by atoms with Gasteiger partial charge in [0.15, 0.2) is 5.16 Å². The maximum Gasteiger partial charge on any atom is 0.257 e. The van der Waals surface area contributed by atoms with E-state index in [9.17, 15) is 9.59 Å². The Kier molecular flexibility index (Phi) is 5.11. The molecule has 152 valence electrons. The number of carbonyl (C=O) groups is 1. The van der Waals surface area contributed by atoms with Crippen LogP contribution in [0.25, 0.3) is 0 Å². The number of rotatable bonds is 4. The molecular formula is C22H26N4O2S. The van der Waals surface area contributed by atoms with Crippen LogP contribution in [0.3, 0.4) is 0 Å². The van der Waals surface area contributed by atoms with Crippen molar-refractivity contribution >= 4 is 23.4 Å². The van der Waals surface area contributed by atoms with E-state index in [1.807, 2.05) is 12.1 Å². The van der Waals surface area contributed by atoms with Gasteiger partial charge in [-0.3, -0.25) is 14.6 Å². The molecule has 0 bridgehead atoms. The summed E-state index contributed by atoms with van der Waals surface area (Å²) in [5, 5.41) is 4.27. The summed E-state index contributed by atoms with van der Waals surface area (Å²) in [6.45, 7) is 8.33. The van der Waals surface area contributed by atoms with Gasteiger partial charge in [0.05, 0.1) is 11.5 Å². The number of carbonyl (C=O) groups excluding carboxylic acids is 1. The van der Waals surface area contributed by atoms with E-state index in [1.54, 1.807) is 24.2 Å². The monoisotopic (exact) mass is 410 g/mol. The van der Waals surface area contributed by atoms with Crippen LogP contribution >= 0.6 is 11.8 Å². The second-order valence-electron chi connectivity index (χ2n) is 8.57. The first kappa shape index (κ1) is 19.9. The SMILES string of the molecule is CC[C@@H](C)Sc1nc2c(c(=O)[nH]1)[C@H](c1cccnc1)[C@H]1C(=O)CC(C)(C)C=C1N2. The number of allylic oxidation sites excluding steroid dienone is 2. The first-order chi connectivity index (χ1) is 13.8. The number of fused-ring (bicyclic) bond motifs is 2. The topological polar surface area (TPSA) is 87.7 Å². The number of Topliss-reactive ketones (excluding diaryl/α,β-unsaturated/α-hetero) is 1. The van der Waals surface area contributed by atoms with E-state index in [-0.39, 0.29) is 16.8 Å². The molecule has 4 rings (SSSR count). The number of thioether (sulfide) groups is 1. The summed E-state index contributed by atoms with van der Waals surface area (Å²) < 4.78 is 0. The zero-order chi connectivity index (χ0) is 20.8. The lowest BCUT2D eigenvalue weighted by molar-refractivity contribution is -0.124. The Balaban J connectivity index is 1.90. The summed E-state index contributed by atoms with van der Waals surface area (Å²) in [6.07, 6.45) is 6.99. The van der Waals surface area contributed by atoms with E-state index in [4.69, 9.17) is 4.98 Å². The molecule has 0 radical (unpaired) electrons. The number of nitrogens with one attached hydrogen (secondary N) is 2. The molecule has 0 saturated heterocycles. The van der Waals surface area contributed by atoms with Crippen LogP contribution in [0.15, 0.2) is 46.3 Å². The molecule has 0 spiro atoms. The van der Waals surface area contributed by atoms with Gasteiger partial charge < -0.3 is 10.3 Å². The average molecular weight is 411 g/mol. The van der Waals surface area contributed by atoms with Gasteiger partial charge in [0.2, 0.25) is 0 Å². The predicted octanol–water partition coefficient (Wildman–Crippen LogP) is 4.11. The van der Waals surface area contributed by atoms with Crippen LogP contribution in [0.1, 0.15) is 57.6 Å². The summed E-state index contributed by atoms with van der Waals surface area (Å²) in [7, 11) is 0. The molecule has 7 heteroatoms. The molecular weight excluding hydrogens is 384 g/mol. The van der Waals surface area contributed by atoms with Crippen LogP contribution in [-0.2, 0) is 4.79 Å². The Hall–Kier alpha value is -2.41. The summed E-state index contributed by atoms with van der Waals surface area (Å²) in [5.74, 6) is -0.136. The zero-order valence-electron chi connectivity index (χ0n) is 17.2. The molecule has 2 aromatic heterocycles. The Labute approximate surface area is 174 Å². The van der Waals surface area contributed by atoms with E-state index >= 15 is 0 Å². The Morgan fingerprint density at radius 2 is 2.10 bits per heavy atom. The summed E-state index contributed by atoms with van der Waals surface area (Å²) in [5.41, 5.74) is 1.78. The molecule has 0 fully saturated rings. The molecule has 0 amide bonds. The van der Waals surface area contributed by atoms with Gasteiger partial charge >= 0.3 is 0 Å². The summed E-state index contributed by atoms with van der Waals surface area (Å²) in [4.78, 5) is 38.2. The van der Waals surface area contributed by atoms with Gasteiger partial charge in [-0.2, -0.15) is 0 Å². The highest BCUT2D eigenvalue weighted by molar-refractivity contribution is 7.99. The third-order valence-corrected chi connectivity index (χ3v) is 6.78. The standard InChI is InChI=1S/C22H26N4O2S/c1-5-12(2)29-21-25-19-18(20(28)26-21)16(13-7-6-8-23-11-13)17-14(24-19)9-22(3,4)10-15(17)27/h6-9,11-12,16-17H,5,10H2,1-4H3,(H2,24,25,26,28)/t12-,16-,17-/m1/s1. The van der Waals surface area contributed by atoms with Crippen LogP contribution in [0.5, 0.6) is 0 Å².